The lowest BCUT2D eigenvalue weighted by Crippen LogP contribution is -2.62. The van der Waals surface area contributed by atoms with Gasteiger partial charge in [0.1, 0.15) is 0 Å². The molecule has 106 valence electrons. The summed E-state index contributed by atoms with van der Waals surface area (Å²) in [6.07, 6.45) is 3.96. The van der Waals surface area contributed by atoms with Crippen LogP contribution in [-0.4, -0.2) is 29.7 Å². The lowest BCUT2D eigenvalue weighted by molar-refractivity contribution is 0.316. The van der Waals surface area contributed by atoms with E-state index in [2.05, 4.69) is 62.8 Å². The summed E-state index contributed by atoms with van der Waals surface area (Å²) in [5.74, 6) is 0. The number of rotatable bonds is 2. The molecule has 1 aromatic rings. The smallest absolute Gasteiger partial charge is 0.0556 e. The van der Waals surface area contributed by atoms with Gasteiger partial charge in [-0.05, 0) is 37.8 Å². The van der Waals surface area contributed by atoms with Gasteiger partial charge in [-0.25, -0.2) is 0 Å². The third-order valence-electron chi connectivity index (χ3n) is 3.47. The predicted molar refractivity (Wildman–Crippen MR) is 81.8 cm³/mol. The topological polar surface area (TPSA) is 28.2 Å². The Morgan fingerprint density at radius 1 is 1.11 bits per heavy atom. The molecule has 0 radical (unpaired) electrons. The molecule has 0 atom stereocenters. The van der Waals surface area contributed by atoms with Gasteiger partial charge < -0.3 is 10.2 Å². The van der Waals surface area contributed by atoms with Crippen LogP contribution in [0.3, 0.4) is 0 Å². The Balaban J connectivity index is 1.99. The molecule has 1 fully saturated rings. The van der Waals surface area contributed by atoms with E-state index in [0.29, 0.717) is 6.04 Å². The molecule has 0 aromatic carbocycles. The summed E-state index contributed by atoms with van der Waals surface area (Å²) in [5.41, 5.74) is 2.91. The highest BCUT2D eigenvalue weighted by Gasteiger charge is 2.30. The number of nitrogens with zero attached hydrogens (tertiary/aromatic N) is 2. The Morgan fingerprint density at radius 3 is 2.26 bits per heavy atom. The fraction of sp³-hybridized carbons (Fsp3) is 0.688. The minimum atomic E-state index is 0.164. The molecule has 1 aliphatic heterocycles. The first-order chi connectivity index (χ1) is 8.65. The first-order valence-corrected chi connectivity index (χ1v) is 7.13. The number of hydrogen-bond donors (Lipinski definition) is 1. The monoisotopic (exact) mass is 261 g/mol. The van der Waals surface area contributed by atoms with Gasteiger partial charge in [-0.3, -0.25) is 4.98 Å². The summed E-state index contributed by atoms with van der Waals surface area (Å²) in [7, 11) is 0. The molecule has 3 heteroatoms. The van der Waals surface area contributed by atoms with Crippen molar-refractivity contribution in [1.82, 2.24) is 10.3 Å². The van der Waals surface area contributed by atoms with Gasteiger partial charge in [0, 0.05) is 30.9 Å². The standard InChI is InChI=1S/C16H27N3/c1-15(2,3)12-7-14(9-17-8-12)19-10-13(11-19)18-16(4,5)6/h7-9,13,18H,10-11H2,1-6H3. The van der Waals surface area contributed by atoms with Crippen molar-refractivity contribution in [2.45, 2.75) is 58.5 Å². The fourth-order valence-electron chi connectivity index (χ4n) is 2.40. The van der Waals surface area contributed by atoms with Crippen LogP contribution in [0.15, 0.2) is 18.5 Å². The molecule has 1 aromatic heterocycles. The largest absolute Gasteiger partial charge is 0.367 e. The van der Waals surface area contributed by atoms with Crippen LogP contribution in [0, 0.1) is 0 Å². The minimum absolute atomic E-state index is 0.164. The van der Waals surface area contributed by atoms with Crippen LogP contribution in [-0.2, 0) is 5.41 Å². The van der Waals surface area contributed by atoms with Gasteiger partial charge in [0.2, 0.25) is 0 Å². The van der Waals surface area contributed by atoms with Gasteiger partial charge in [-0.15, -0.1) is 0 Å². The summed E-state index contributed by atoms with van der Waals surface area (Å²) < 4.78 is 0. The van der Waals surface area contributed by atoms with Crippen LogP contribution < -0.4 is 10.2 Å². The van der Waals surface area contributed by atoms with E-state index in [1.54, 1.807) is 0 Å². The van der Waals surface area contributed by atoms with E-state index in [1.165, 1.54) is 11.3 Å². The second kappa shape index (κ2) is 4.78. The van der Waals surface area contributed by atoms with Crippen molar-refractivity contribution in [2.24, 2.45) is 0 Å². The number of hydrogen-bond acceptors (Lipinski definition) is 3. The number of aromatic nitrogens is 1. The van der Waals surface area contributed by atoms with E-state index in [1.807, 2.05) is 12.4 Å². The van der Waals surface area contributed by atoms with Crippen molar-refractivity contribution in [2.75, 3.05) is 18.0 Å². The Hall–Kier alpha value is -1.09. The SMILES string of the molecule is CC(C)(C)NC1CN(c2cncc(C(C)(C)C)c2)C1. The molecule has 0 saturated carbocycles. The first-order valence-electron chi connectivity index (χ1n) is 7.13. The zero-order valence-corrected chi connectivity index (χ0v) is 13.1. The van der Waals surface area contributed by atoms with Gasteiger partial charge in [-0.2, -0.15) is 0 Å². The highest BCUT2D eigenvalue weighted by Crippen LogP contribution is 2.27. The zero-order valence-electron chi connectivity index (χ0n) is 13.1. The van der Waals surface area contributed by atoms with Gasteiger partial charge >= 0.3 is 0 Å². The van der Waals surface area contributed by atoms with Crippen molar-refractivity contribution in [1.29, 1.82) is 0 Å². The third kappa shape index (κ3) is 3.69. The van der Waals surface area contributed by atoms with Gasteiger partial charge in [0.05, 0.1) is 11.9 Å². The molecule has 1 aliphatic rings. The van der Waals surface area contributed by atoms with Crippen molar-refractivity contribution in [3.63, 3.8) is 0 Å². The molecule has 0 spiro atoms. The summed E-state index contributed by atoms with van der Waals surface area (Å²) in [6, 6.07) is 2.87. The molecule has 0 aliphatic carbocycles. The lowest BCUT2D eigenvalue weighted by atomic mass is 9.88. The molecule has 2 heterocycles. The third-order valence-corrected chi connectivity index (χ3v) is 3.47. The van der Waals surface area contributed by atoms with Gasteiger partial charge in [0.15, 0.2) is 0 Å². The van der Waals surface area contributed by atoms with Crippen LogP contribution in [0.25, 0.3) is 0 Å². The van der Waals surface area contributed by atoms with E-state index in [0.717, 1.165) is 13.1 Å². The highest BCUT2D eigenvalue weighted by molar-refractivity contribution is 5.50. The van der Waals surface area contributed by atoms with Crippen molar-refractivity contribution in [3.05, 3.63) is 24.0 Å². The predicted octanol–water partition coefficient (Wildman–Crippen LogP) is 2.96. The van der Waals surface area contributed by atoms with Gasteiger partial charge in [0.25, 0.3) is 0 Å². The Labute approximate surface area is 117 Å². The molecule has 1 saturated heterocycles. The lowest BCUT2D eigenvalue weighted by Gasteiger charge is -2.44. The zero-order chi connectivity index (χ0) is 14.3. The Morgan fingerprint density at radius 2 is 1.74 bits per heavy atom. The quantitative estimate of drug-likeness (QED) is 0.887. The molecule has 19 heavy (non-hydrogen) atoms. The highest BCUT2D eigenvalue weighted by atomic mass is 15.3. The van der Waals surface area contributed by atoms with Gasteiger partial charge in [-0.1, -0.05) is 20.8 Å². The molecule has 2 rings (SSSR count). The molecule has 0 amide bonds. The Kier molecular flexibility index (Phi) is 3.61. The Bertz CT molecular complexity index is 434. The second-order valence-electron chi connectivity index (χ2n) is 7.68. The maximum Gasteiger partial charge on any atom is 0.0556 e. The average Bonchev–Trinajstić information content (AvgIpc) is 2.20. The van der Waals surface area contributed by atoms with Crippen LogP contribution >= 0.6 is 0 Å². The van der Waals surface area contributed by atoms with E-state index < -0.39 is 0 Å². The van der Waals surface area contributed by atoms with E-state index >= 15 is 0 Å². The average molecular weight is 261 g/mol. The van der Waals surface area contributed by atoms with Crippen molar-refractivity contribution >= 4 is 5.69 Å². The van der Waals surface area contributed by atoms with E-state index in [9.17, 15) is 0 Å². The fourth-order valence-corrected chi connectivity index (χ4v) is 2.40. The molecule has 3 nitrogen and oxygen atoms in total. The van der Waals surface area contributed by atoms with Crippen LogP contribution in [0.5, 0.6) is 0 Å². The van der Waals surface area contributed by atoms with E-state index in [4.69, 9.17) is 0 Å². The first kappa shape index (κ1) is 14.3. The van der Waals surface area contributed by atoms with E-state index in [-0.39, 0.29) is 11.0 Å². The number of nitrogens with one attached hydrogen (secondary N) is 1. The van der Waals surface area contributed by atoms with Crippen LogP contribution in [0.4, 0.5) is 5.69 Å². The molecule has 0 bridgehead atoms. The number of anilines is 1. The molecule has 0 unspecified atom stereocenters. The van der Waals surface area contributed by atoms with Crippen LogP contribution in [0.1, 0.15) is 47.1 Å². The number of pyridine rings is 1. The van der Waals surface area contributed by atoms with Crippen molar-refractivity contribution < 1.29 is 0 Å². The normalized spacial score (nSPS) is 17.5. The molecular formula is C16H27N3. The minimum Gasteiger partial charge on any atom is -0.367 e. The maximum atomic E-state index is 4.39. The molecular weight excluding hydrogens is 234 g/mol. The molecule has 1 N–H and O–H groups in total. The van der Waals surface area contributed by atoms with Crippen LogP contribution in [0.2, 0.25) is 0 Å². The summed E-state index contributed by atoms with van der Waals surface area (Å²) >= 11 is 0. The van der Waals surface area contributed by atoms with Crippen molar-refractivity contribution in [3.8, 4) is 0 Å². The summed E-state index contributed by atoms with van der Waals surface area (Å²) in [6.45, 7) is 15.5. The summed E-state index contributed by atoms with van der Waals surface area (Å²) in [5, 5.41) is 3.64. The summed E-state index contributed by atoms with van der Waals surface area (Å²) in [4.78, 5) is 6.79. The second-order valence-corrected chi connectivity index (χ2v) is 7.68. The maximum absolute atomic E-state index is 4.39.